The molecule has 33 heavy (non-hydrogen) atoms. The Bertz CT molecular complexity index is 1180. The first kappa shape index (κ1) is 23.4. The number of hydrogen-bond acceptors (Lipinski definition) is 5. The molecule has 3 N–H and O–H groups in total. The lowest BCUT2D eigenvalue weighted by Gasteiger charge is -2.33. The van der Waals surface area contributed by atoms with Gasteiger partial charge in [-0.3, -0.25) is 4.79 Å². The summed E-state index contributed by atoms with van der Waals surface area (Å²) in [6, 6.07) is 4.11. The molecule has 1 amide bonds. The average Bonchev–Trinajstić information content (AvgIpc) is 3.32. The topological polar surface area (TPSA) is 90.6 Å². The first-order chi connectivity index (χ1) is 15.8. The molecule has 1 fully saturated rings. The Labute approximate surface area is 199 Å². The number of H-pyrrole nitrogens is 1. The molecule has 176 valence electrons. The summed E-state index contributed by atoms with van der Waals surface area (Å²) < 4.78 is 1.16. The fourth-order valence-corrected chi connectivity index (χ4v) is 6.14. The number of carbonyl (C=O) groups excluding carboxylic acids is 1. The molecule has 1 aliphatic heterocycles. The van der Waals surface area contributed by atoms with Gasteiger partial charge in [0.2, 0.25) is 0 Å². The third-order valence-electron chi connectivity index (χ3n) is 6.26. The van der Waals surface area contributed by atoms with Crippen LogP contribution in [0.2, 0.25) is 0 Å². The summed E-state index contributed by atoms with van der Waals surface area (Å²) in [5.74, 6) is 1.63. The van der Waals surface area contributed by atoms with E-state index in [9.17, 15) is 4.79 Å². The Morgan fingerprint density at radius 1 is 1.42 bits per heavy atom. The van der Waals surface area contributed by atoms with Crippen LogP contribution in [0.1, 0.15) is 53.4 Å². The van der Waals surface area contributed by atoms with E-state index in [0.717, 1.165) is 58.0 Å². The molecule has 1 aliphatic rings. The summed E-state index contributed by atoms with van der Waals surface area (Å²) in [7, 11) is 4.20. The zero-order valence-corrected chi connectivity index (χ0v) is 21.0. The van der Waals surface area contributed by atoms with E-state index in [1.54, 1.807) is 11.3 Å². The number of rotatable bonds is 6. The lowest BCUT2D eigenvalue weighted by atomic mass is 9.97. The molecule has 1 unspecified atom stereocenters. The highest BCUT2D eigenvalue weighted by Gasteiger charge is 2.27. The van der Waals surface area contributed by atoms with Gasteiger partial charge in [-0.15, -0.1) is 11.3 Å². The molecule has 1 atom stereocenters. The quantitative estimate of drug-likeness (QED) is 0.405. The number of nitrogens with two attached hydrogens (primary N) is 1. The second-order valence-electron chi connectivity index (χ2n) is 9.59. The number of carbonyl (C=O) groups is 1. The number of thiophene rings is 1. The first-order valence-corrected chi connectivity index (χ1v) is 12.4. The van der Waals surface area contributed by atoms with Crippen LogP contribution in [0.3, 0.4) is 0 Å². The third-order valence-corrected chi connectivity index (χ3v) is 7.42. The molecule has 4 heterocycles. The largest absolute Gasteiger partial charge is 0.390 e. The number of likely N-dealkylation sites (tertiary alicyclic amines) is 1. The molecule has 4 rings (SSSR count). The zero-order chi connectivity index (χ0) is 23.7. The van der Waals surface area contributed by atoms with Gasteiger partial charge in [0, 0.05) is 31.4 Å². The molecule has 1 saturated heterocycles. The average molecular weight is 467 g/mol. The lowest BCUT2D eigenvalue weighted by Crippen LogP contribution is -2.42. The minimum Gasteiger partial charge on any atom is -0.390 e. The van der Waals surface area contributed by atoms with E-state index in [-0.39, 0.29) is 5.91 Å². The monoisotopic (exact) mass is 466 g/mol. The molecule has 8 heteroatoms. The fourth-order valence-electron chi connectivity index (χ4n) is 4.86. The van der Waals surface area contributed by atoms with Crippen molar-refractivity contribution in [2.24, 2.45) is 16.6 Å². The van der Waals surface area contributed by atoms with Gasteiger partial charge < -0.3 is 20.5 Å². The predicted octanol–water partition coefficient (Wildman–Crippen LogP) is 4.76. The number of hydrogen-bond donors (Lipinski definition) is 2. The van der Waals surface area contributed by atoms with Crippen molar-refractivity contribution in [3.63, 3.8) is 0 Å². The van der Waals surface area contributed by atoms with Crippen molar-refractivity contribution in [3.05, 3.63) is 34.3 Å². The maximum Gasteiger partial charge on any atom is 0.264 e. The maximum atomic E-state index is 13.4. The van der Waals surface area contributed by atoms with Crippen molar-refractivity contribution in [1.82, 2.24) is 19.8 Å². The van der Waals surface area contributed by atoms with Crippen LogP contribution in [-0.2, 0) is 0 Å². The minimum atomic E-state index is 0.158. The van der Waals surface area contributed by atoms with Crippen molar-refractivity contribution in [3.8, 4) is 11.3 Å². The van der Waals surface area contributed by atoms with Gasteiger partial charge in [0.1, 0.15) is 0 Å². The number of aryl methyl sites for hydroxylation is 1. The Kier molecular flexibility index (Phi) is 6.86. The normalized spacial score (nSPS) is 17.2. The van der Waals surface area contributed by atoms with Crippen LogP contribution >= 0.6 is 11.3 Å². The van der Waals surface area contributed by atoms with Crippen molar-refractivity contribution in [2.45, 2.75) is 39.5 Å². The van der Waals surface area contributed by atoms with Crippen LogP contribution in [0.4, 0.5) is 5.82 Å². The number of aliphatic imine (C=N–C) groups is 1. The summed E-state index contributed by atoms with van der Waals surface area (Å²) in [6.07, 6.45) is 5.37. The van der Waals surface area contributed by atoms with Crippen LogP contribution in [0.15, 0.2) is 23.3 Å². The van der Waals surface area contributed by atoms with Crippen LogP contribution < -0.4 is 5.73 Å². The molecule has 0 saturated carbocycles. The molecular weight excluding hydrogens is 432 g/mol. The van der Waals surface area contributed by atoms with Gasteiger partial charge in [0.15, 0.2) is 5.82 Å². The second-order valence-corrected chi connectivity index (χ2v) is 10.6. The summed E-state index contributed by atoms with van der Waals surface area (Å²) in [5.41, 5.74) is 10.7. The van der Waals surface area contributed by atoms with Gasteiger partial charge in [0.25, 0.3) is 5.91 Å². The van der Waals surface area contributed by atoms with Crippen molar-refractivity contribution >= 4 is 39.6 Å². The Balaban J connectivity index is 1.65. The molecule has 3 aromatic heterocycles. The van der Waals surface area contributed by atoms with Crippen LogP contribution in [0.5, 0.6) is 0 Å². The zero-order valence-electron chi connectivity index (χ0n) is 20.2. The van der Waals surface area contributed by atoms with E-state index < -0.39 is 0 Å². The molecule has 3 aromatic rings. The van der Waals surface area contributed by atoms with Gasteiger partial charge in [-0.1, -0.05) is 13.8 Å². The number of amides is 1. The Morgan fingerprint density at radius 3 is 2.88 bits per heavy atom. The third kappa shape index (κ3) is 4.82. The maximum absolute atomic E-state index is 13.4. The van der Waals surface area contributed by atoms with Gasteiger partial charge in [-0.05, 0) is 69.0 Å². The summed E-state index contributed by atoms with van der Waals surface area (Å²) in [6.45, 7) is 9.08. The highest BCUT2D eigenvalue weighted by atomic mass is 32.1. The van der Waals surface area contributed by atoms with Gasteiger partial charge >= 0.3 is 0 Å². The predicted molar refractivity (Wildman–Crippen MR) is 138 cm³/mol. The van der Waals surface area contributed by atoms with E-state index in [4.69, 9.17) is 5.73 Å². The number of fused-ring (bicyclic) bond motifs is 1. The van der Waals surface area contributed by atoms with Crippen LogP contribution in [0, 0.1) is 12.8 Å². The Hall–Kier alpha value is -2.71. The molecule has 0 radical (unpaired) electrons. The first-order valence-electron chi connectivity index (χ1n) is 11.6. The van der Waals surface area contributed by atoms with Crippen molar-refractivity contribution in [1.29, 1.82) is 0 Å². The molecule has 7 nitrogen and oxygen atoms in total. The highest BCUT2D eigenvalue weighted by Crippen LogP contribution is 2.40. The van der Waals surface area contributed by atoms with E-state index in [2.05, 4.69) is 53.9 Å². The number of nitrogens with one attached hydrogen (secondary N) is 1. The second kappa shape index (κ2) is 9.65. The van der Waals surface area contributed by atoms with Crippen LogP contribution in [-0.4, -0.2) is 65.7 Å². The SMILES string of the molecule is Cc1cc(-c2[nH]c3cc(C(=O)N4CCCC(CN(C)C)C4)sc3c2C(C)C)cnc1N=CN. The molecular formula is C25H34N6OS. The smallest absolute Gasteiger partial charge is 0.264 e. The van der Waals surface area contributed by atoms with Gasteiger partial charge in [-0.25, -0.2) is 9.98 Å². The molecule has 0 spiro atoms. The minimum absolute atomic E-state index is 0.158. The highest BCUT2D eigenvalue weighted by molar-refractivity contribution is 7.21. The molecule has 0 aromatic carbocycles. The number of aromatic nitrogens is 2. The Morgan fingerprint density at radius 2 is 2.21 bits per heavy atom. The van der Waals surface area contributed by atoms with E-state index in [1.165, 1.54) is 18.3 Å². The number of aromatic amines is 1. The number of nitrogens with zero attached hydrogens (tertiary/aromatic N) is 4. The van der Waals surface area contributed by atoms with Gasteiger partial charge in [-0.2, -0.15) is 0 Å². The fraction of sp³-hybridized carbons (Fsp3) is 0.480. The number of pyridine rings is 1. The lowest BCUT2D eigenvalue weighted by molar-refractivity contribution is 0.0660. The summed E-state index contributed by atoms with van der Waals surface area (Å²) in [5, 5.41) is 0. The molecule has 0 aliphatic carbocycles. The van der Waals surface area contributed by atoms with E-state index >= 15 is 0 Å². The van der Waals surface area contributed by atoms with Crippen molar-refractivity contribution < 1.29 is 4.79 Å². The summed E-state index contributed by atoms with van der Waals surface area (Å²) in [4.78, 5) is 30.6. The van der Waals surface area contributed by atoms with E-state index in [0.29, 0.717) is 17.7 Å². The summed E-state index contributed by atoms with van der Waals surface area (Å²) >= 11 is 1.61. The standard InChI is InChI=1S/C25H34N6OS/c1-15(2)21-22(18-9-16(3)24(27-11-18)28-14-26)29-19-10-20(33-23(19)21)25(32)31-8-6-7-17(13-31)12-30(4)5/h9-11,14-15,17,29H,6-8,12-13H2,1-5H3,(H2,26,27,28). The van der Waals surface area contributed by atoms with Crippen LogP contribution in [0.25, 0.3) is 21.5 Å². The van der Waals surface area contributed by atoms with Crippen molar-refractivity contribution in [2.75, 3.05) is 33.7 Å². The molecule has 0 bridgehead atoms. The van der Waals surface area contributed by atoms with E-state index in [1.807, 2.05) is 24.1 Å². The van der Waals surface area contributed by atoms with Gasteiger partial charge in [0.05, 0.1) is 27.1 Å². The number of piperidine rings is 1.